The summed E-state index contributed by atoms with van der Waals surface area (Å²) >= 11 is 0. The lowest BCUT2D eigenvalue weighted by molar-refractivity contribution is 0.0756. The number of amides is 1. The van der Waals surface area contributed by atoms with E-state index in [2.05, 4.69) is 4.90 Å². The Morgan fingerprint density at radius 3 is 2.50 bits per heavy atom. The third-order valence-corrected chi connectivity index (χ3v) is 3.14. The summed E-state index contributed by atoms with van der Waals surface area (Å²) < 4.78 is 5.02. The third-order valence-electron chi connectivity index (χ3n) is 3.14. The maximum atomic E-state index is 12.4. The molecule has 5 nitrogen and oxygen atoms in total. The van der Waals surface area contributed by atoms with Gasteiger partial charge in [-0.05, 0) is 46.1 Å². The predicted molar refractivity (Wildman–Crippen MR) is 79.4 cm³/mol. The van der Waals surface area contributed by atoms with Gasteiger partial charge in [-0.3, -0.25) is 4.79 Å². The lowest BCUT2D eigenvalue weighted by Crippen LogP contribution is -2.33. The Balaban J connectivity index is 2.75. The quantitative estimate of drug-likeness (QED) is 0.827. The molecule has 1 aromatic rings. The van der Waals surface area contributed by atoms with Gasteiger partial charge in [-0.15, -0.1) is 0 Å². The second kappa shape index (κ2) is 7.75. The summed E-state index contributed by atoms with van der Waals surface area (Å²) in [5.74, 6) is 0.349. The van der Waals surface area contributed by atoms with Crippen LogP contribution in [0, 0.1) is 0 Å². The highest BCUT2D eigenvalue weighted by Crippen LogP contribution is 2.24. The van der Waals surface area contributed by atoms with Crippen LogP contribution >= 0.6 is 0 Å². The van der Waals surface area contributed by atoms with Gasteiger partial charge in [0.25, 0.3) is 5.91 Å². The minimum atomic E-state index is -0.147. The Morgan fingerprint density at radius 1 is 1.30 bits per heavy atom. The van der Waals surface area contributed by atoms with Crippen molar-refractivity contribution in [2.45, 2.75) is 13.3 Å². The van der Waals surface area contributed by atoms with Gasteiger partial charge in [-0.1, -0.05) is 0 Å². The Morgan fingerprint density at radius 2 is 2.00 bits per heavy atom. The summed E-state index contributed by atoms with van der Waals surface area (Å²) in [6.07, 6.45) is 0.906. The van der Waals surface area contributed by atoms with E-state index in [1.54, 1.807) is 17.0 Å². The van der Waals surface area contributed by atoms with E-state index >= 15 is 0 Å². The molecule has 0 fully saturated rings. The lowest BCUT2D eigenvalue weighted by Gasteiger charge is -2.22. The van der Waals surface area contributed by atoms with Crippen LogP contribution in [0.5, 0.6) is 11.5 Å². The number of hydrogen-bond donors (Lipinski definition) is 1. The third kappa shape index (κ3) is 4.42. The monoisotopic (exact) mass is 280 g/mol. The van der Waals surface area contributed by atoms with Crippen molar-refractivity contribution in [3.8, 4) is 11.5 Å². The second-order valence-corrected chi connectivity index (χ2v) is 4.92. The lowest BCUT2D eigenvalue weighted by atomic mass is 10.1. The number of phenols is 1. The maximum absolute atomic E-state index is 12.4. The molecule has 112 valence electrons. The highest BCUT2D eigenvalue weighted by molar-refractivity contribution is 5.97. The topological polar surface area (TPSA) is 53.0 Å². The molecule has 0 heterocycles. The molecular formula is C15H24N2O3. The van der Waals surface area contributed by atoms with Gasteiger partial charge in [-0.25, -0.2) is 0 Å². The second-order valence-electron chi connectivity index (χ2n) is 4.92. The molecule has 0 aliphatic heterocycles. The summed E-state index contributed by atoms with van der Waals surface area (Å²) in [5.41, 5.74) is 0.317. The van der Waals surface area contributed by atoms with Crippen LogP contribution in [-0.4, -0.2) is 61.7 Å². The van der Waals surface area contributed by atoms with Crippen LogP contribution in [0.15, 0.2) is 18.2 Å². The molecule has 1 N–H and O–H groups in total. The molecule has 0 radical (unpaired) electrons. The van der Waals surface area contributed by atoms with Crippen molar-refractivity contribution in [3.63, 3.8) is 0 Å². The number of rotatable bonds is 7. The van der Waals surface area contributed by atoms with Crippen LogP contribution in [0.3, 0.4) is 0 Å². The van der Waals surface area contributed by atoms with Crippen LogP contribution in [0.4, 0.5) is 0 Å². The zero-order chi connectivity index (χ0) is 15.1. The first-order valence-corrected chi connectivity index (χ1v) is 6.80. The van der Waals surface area contributed by atoms with Gasteiger partial charge in [-0.2, -0.15) is 0 Å². The van der Waals surface area contributed by atoms with Crippen molar-refractivity contribution in [1.82, 2.24) is 9.80 Å². The van der Waals surface area contributed by atoms with E-state index in [-0.39, 0.29) is 11.7 Å². The van der Waals surface area contributed by atoms with Gasteiger partial charge in [0.15, 0.2) is 0 Å². The molecule has 0 aliphatic rings. The molecule has 0 unspecified atom stereocenters. The molecule has 0 saturated heterocycles. The number of carbonyl (C=O) groups is 1. The summed E-state index contributed by atoms with van der Waals surface area (Å²) in [5, 5.41) is 9.92. The fraction of sp³-hybridized carbons (Fsp3) is 0.533. The number of methoxy groups -OCH3 is 1. The average Bonchev–Trinajstić information content (AvgIpc) is 2.42. The average molecular weight is 280 g/mol. The molecule has 0 aromatic heterocycles. The number of nitrogens with zero attached hydrogens (tertiary/aromatic N) is 2. The zero-order valence-corrected chi connectivity index (χ0v) is 12.7. The number of aromatic hydroxyl groups is 1. The van der Waals surface area contributed by atoms with Gasteiger partial charge < -0.3 is 19.6 Å². The summed E-state index contributed by atoms with van der Waals surface area (Å²) in [4.78, 5) is 16.2. The molecule has 0 bridgehead atoms. The van der Waals surface area contributed by atoms with Crippen molar-refractivity contribution in [1.29, 1.82) is 0 Å². The van der Waals surface area contributed by atoms with Gasteiger partial charge in [0, 0.05) is 19.2 Å². The number of benzene rings is 1. The van der Waals surface area contributed by atoms with Crippen LogP contribution < -0.4 is 4.74 Å². The number of ether oxygens (including phenoxy) is 1. The summed E-state index contributed by atoms with van der Waals surface area (Å²) in [6.45, 7) is 4.17. The summed E-state index contributed by atoms with van der Waals surface area (Å²) in [7, 11) is 5.54. The number of hydrogen-bond acceptors (Lipinski definition) is 4. The smallest absolute Gasteiger partial charge is 0.257 e. The van der Waals surface area contributed by atoms with E-state index < -0.39 is 0 Å². The van der Waals surface area contributed by atoms with E-state index in [1.165, 1.54) is 13.2 Å². The first kappa shape index (κ1) is 16.3. The van der Waals surface area contributed by atoms with Crippen molar-refractivity contribution in [3.05, 3.63) is 23.8 Å². The Hall–Kier alpha value is -1.75. The van der Waals surface area contributed by atoms with Crippen LogP contribution in [0.2, 0.25) is 0 Å². The summed E-state index contributed by atoms with van der Waals surface area (Å²) in [6, 6.07) is 4.74. The minimum absolute atomic E-state index is 0.0413. The Bertz CT molecular complexity index is 447. The highest BCUT2D eigenvalue weighted by atomic mass is 16.5. The zero-order valence-electron chi connectivity index (χ0n) is 12.7. The van der Waals surface area contributed by atoms with Crippen LogP contribution in [-0.2, 0) is 0 Å². The molecule has 0 spiro atoms. The normalized spacial score (nSPS) is 10.7. The fourth-order valence-corrected chi connectivity index (χ4v) is 1.97. The minimum Gasteiger partial charge on any atom is -0.507 e. The SMILES string of the molecule is CCN(CCCN(C)C)C(=O)c1ccc(OC)cc1O. The van der Waals surface area contributed by atoms with Crippen molar-refractivity contribution >= 4 is 5.91 Å². The van der Waals surface area contributed by atoms with Crippen LogP contribution in [0.1, 0.15) is 23.7 Å². The van der Waals surface area contributed by atoms with Gasteiger partial charge >= 0.3 is 0 Å². The molecule has 0 atom stereocenters. The van der Waals surface area contributed by atoms with E-state index in [0.29, 0.717) is 24.4 Å². The van der Waals surface area contributed by atoms with Gasteiger partial charge in [0.1, 0.15) is 11.5 Å². The highest BCUT2D eigenvalue weighted by Gasteiger charge is 2.17. The molecule has 1 amide bonds. The van der Waals surface area contributed by atoms with Crippen molar-refractivity contribution in [2.75, 3.05) is 40.8 Å². The van der Waals surface area contributed by atoms with Gasteiger partial charge in [0.05, 0.1) is 12.7 Å². The molecule has 1 rings (SSSR count). The van der Waals surface area contributed by atoms with E-state index in [4.69, 9.17) is 4.74 Å². The number of carbonyl (C=O) groups excluding carboxylic acids is 1. The first-order chi connectivity index (χ1) is 9.49. The van der Waals surface area contributed by atoms with Crippen molar-refractivity contribution in [2.24, 2.45) is 0 Å². The molecule has 0 saturated carbocycles. The maximum Gasteiger partial charge on any atom is 0.257 e. The van der Waals surface area contributed by atoms with Crippen molar-refractivity contribution < 1.29 is 14.6 Å². The van der Waals surface area contributed by atoms with E-state index in [0.717, 1.165) is 13.0 Å². The van der Waals surface area contributed by atoms with Gasteiger partial charge in [0.2, 0.25) is 0 Å². The van der Waals surface area contributed by atoms with Crippen LogP contribution in [0.25, 0.3) is 0 Å². The first-order valence-electron chi connectivity index (χ1n) is 6.80. The largest absolute Gasteiger partial charge is 0.507 e. The molecule has 5 heteroatoms. The Kier molecular flexibility index (Phi) is 6.31. The number of phenolic OH excluding ortho intramolecular Hbond substituents is 1. The standard InChI is InChI=1S/C15H24N2O3/c1-5-17(10-6-9-16(2)3)15(19)13-8-7-12(20-4)11-14(13)18/h7-8,11,18H,5-6,9-10H2,1-4H3. The molecule has 0 aliphatic carbocycles. The van der Waals surface area contributed by atoms with E-state index in [9.17, 15) is 9.90 Å². The van der Waals surface area contributed by atoms with E-state index in [1.807, 2.05) is 21.0 Å². The molecule has 1 aromatic carbocycles. The fourth-order valence-electron chi connectivity index (χ4n) is 1.97. The molecular weight excluding hydrogens is 256 g/mol. The Labute approximate surface area is 120 Å². The molecule has 20 heavy (non-hydrogen) atoms. The predicted octanol–water partition coefficient (Wildman–Crippen LogP) is 1.81.